The Morgan fingerprint density at radius 3 is 2.81 bits per heavy atom. The van der Waals surface area contributed by atoms with Crippen LogP contribution < -0.4 is 5.32 Å². The highest BCUT2D eigenvalue weighted by atomic mass is 19.1. The minimum atomic E-state index is -1.03. The Balaban J connectivity index is 2.18. The fourth-order valence-corrected chi connectivity index (χ4v) is 2.71. The monoisotopic (exact) mass is 294 g/mol. The molecule has 114 valence electrons. The highest BCUT2D eigenvalue weighted by Gasteiger charge is 2.37. The van der Waals surface area contributed by atoms with Crippen LogP contribution in [-0.2, 0) is 4.79 Å². The number of hydrogen-bond donors (Lipinski definition) is 2. The van der Waals surface area contributed by atoms with Crippen molar-refractivity contribution in [2.45, 2.75) is 32.7 Å². The number of nitrogens with zero attached hydrogens (tertiary/aromatic N) is 1. The quantitative estimate of drug-likeness (QED) is 0.881. The highest BCUT2D eigenvalue weighted by molar-refractivity contribution is 5.92. The lowest BCUT2D eigenvalue weighted by atomic mass is 9.91. The van der Waals surface area contributed by atoms with E-state index in [1.807, 2.05) is 6.92 Å². The number of carboxylic acids is 1. The van der Waals surface area contributed by atoms with E-state index in [1.54, 1.807) is 13.0 Å². The molecule has 0 radical (unpaired) electrons. The largest absolute Gasteiger partial charge is 0.480 e. The van der Waals surface area contributed by atoms with Crippen molar-refractivity contribution in [3.63, 3.8) is 0 Å². The fourth-order valence-electron chi connectivity index (χ4n) is 2.71. The molecular formula is C15H19FN2O3. The highest BCUT2D eigenvalue weighted by Crippen LogP contribution is 2.25. The summed E-state index contributed by atoms with van der Waals surface area (Å²) in [6.07, 6.45) is 1.51. The molecule has 1 aromatic carbocycles. The average molecular weight is 294 g/mol. The number of hydrogen-bond acceptors (Lipinski definition) is 2. The van der Waals surface area contributed by atoms with Crippen molar-refractivity contribution in [1.82, 2.24) is 4.90 Å². The SMILES string of the molecule is Cc1ccc(F)c(NC(=O)N2CCCC(C)C2C(=O)O)c1. The molecule has 1 saturated heterocycles. The van der Waals surface area contributed by atoms with E-state index in [4.69, 9.17) is 0 Å². The van der Waals surface area contributed by atoms with Crippen molar-refractivity contribution in [2.75, 3.05) is 11.9 Å². The Labute approximate surface area is 122 Å². The van der Waals surface area contributed by atoms with Crippen LogP contribution in [-0.4, -0.2) is 34.6 Å². The molecule has 2 amide bonds. The molecule has 1 aromatic rings. The summed E-state index contributed by atoms with van der Waals surface area (Å²) >= 11 is 0. The van der Waals surface area contributed by atoms with Crippen molar-refractivity contribution in [2.24, 2.45) is 5.92 Å². The molecule has 0 saturated carbocycles. The van der Waals surface area contributed by atoms with Crippen molar-refractivity contribution < 1.29 is 19.1 Å². The van der Waals surface area contributed by atoms with E-state index in [2.05, 4.69) is 5.32 Å². The van der Waals surface area contributed by atoms with Crippen LogP contribution in [0.2, 0.25) is 0 Å². The molecular weight excluding hydrogens is 275 g/mol. The number of nitrogens with one attached hydrogen (secondary N) is 1. The number of urea groups is 1. The number of aryl methyl sites for hydroxylation is 1. The molecule has 2 N–H and O–H groups in total. The van der Waals surface area contributed by atoms with Gasteiger partial charge < -0.3 is 15.3 Å². The minimum absolute atomic E-state index is 0.0716. The fraction of sp³-hybridized carbons (Fsp3) is 0.467. The van der Waals surface area contributed by atoms with Crippen LogP contribution in [0, 0.1) is 18.7 Å². The first-order valence-electron chi connectivity index (χ1n) is 6.96. The third-order valence-corrected chi connectivity index (χ3v) is 3.81. The Morgan fingerprint density at radius 1 is 1.43 bits per heavy atom. The van der Waals surface area contributed by atoms with Crippen molar-refractivity contribution in [3.05, 3.63) is 29.6 Å². The lowest BCUT2D eigenvalue weighted by molar-refractivity contribution is -0.145. The molecule has 2 atom stereocenters. The number of aliphatic carboxylic acids is 1. The first kappa shape index (κ1) is 15.3. The lowest BCUT2D eigenvalue weighted by Crippen LogP contribution is -2.53. The van der Waals surface area contributed by atoms with Gasteiger partial charge in [-0.1, -0.05) is 13.0 Å². The summed E-state index contributed by atoms with van der Waals surface area (Å²) in [5, 5.41) is 11.8. The van der Waals surface area contributed by atoms with E-state index in [-0.39, 0.29) is 11.6 Å². The van der Waals surface area contributed by atoms with Gasteiger partial charge in [-0.2, -0.15) is 0 Å². The maximum atomic E-state index is 13.7. The van der Waals surface area contributed by atoms with E-state index >= 15 is 0 Å². The number of carboxylic acid groups (broad SMARTS) is 1. The Hall–Kier alpha value is -2.11. The van der Waals surface area contributed by atoms with Crippen LogP contribution in [0.25, 0.3) is 0 Å². The molecule has 0 aromatic heterocycles. The van der Waals surface area contributed by atoms with Gasteiger partial charge in [0.2, 0.25) is 0 Å². The summed E-state index contributed by atoms with van der Waals surface area (Å²) in [6, 6.07) is 2.97. The van der Waals surface area contributed by atoms with Crippen molar-refractivity contribution in [1.29, 1.82) is 0 Å². The minimum Gasteiger partial charge on any atom is -0.480 e. The number of benzene rings is 1. The summed E-state index contributed by atoms with van der Waals surface area (Å²) in [6.45, 7) is 3.96. The third kappa shape index (κ3) is 3.32. The lowest BCUT2D eigenvalue weighted by Gasteiger charge is -2.37. The Kier molecular flexibility index (Phi) is 4.45. The Bertz CT molecular complexity index is 562. The number of carbonyl (C=O) groups excluding carboxylic acids is 1. The summed E-state index contributed by atoms with van der Waals surface area (Å²) in [4.78, 5) is 24.9. The predicted molar refractivity (Wildman–Crippen MR) is 76.7 cm³/mol. The maximum Gasteiger partial charge on any atom is 0.326 e. The van der Waals surface area contributed by atoms with E-state index in [0.29, 0.717) is 6.54 Å². The van der Waals surface area contributed by atoms with Gasteiger partial charge >= 0.3 is 12.0 Å². The second-order valence-electron chi connectivity index (χ2n) is 5.51. The van der Waals surface area contributed by atoms with Crippen molar-refractivity contribution >= 4 is 17.7 Å². The zero-order valence-electron chi connectivity index (χ0n) is 12.1. The van der Waals surface area contributed by atoms with Crippen LogP contribution in [0.15, 0.2) is 18.2 Å². The van der Waals surface area contributed by atoms with E-state index in [1.165, 1.54) is 17.0 Å². The van der Waals surface area contributed by atoms with Crippen LogP contribution in [0.5, 0.6) is 0 Å². The van der Waals surface area contributed by atoms with E-state index < -0.39 is 23.9 Å². The van der Waals surface area contributed by atoms with Crippen LogP contribution >= 0.6 is 0 Å². The van der Waals surface area contributed by atoms with Gasteiger partial charge in [-0.05, 0) is 43.4 Å². The van der Waals surface area contributed by atoms with Gasteiger partial charge in [-0.3, -0.25) is 0 Å². The maximum absolute atomic E-state index is 13.7. The van der Waals surface area contributed by atoms with Crippen molar-refractivity contribution in [3.8, 4) is 0 Å². The second kappa shape index (κ2) is 6.11. The molecule has 2 rings (SSSR count). The summed E-state index contributed by atoms with van der Waals surface area (Å²) in [5.74, 6) is -1.68. The number of halogens is 1. The van der Waals surface area contributed by atoms with Gasteiger partial charge in [-0.25, -0.2) is 14.0 Å². The number of likely N-dealkylation sites (tertiary alicyclic amines) is 1. The number of anilines is 1. The number of carbonyl (C=O) groups is 2. The van der Waals surface area contributed by atoms with Gasteiger partial charge in [-0.15, -0.1) is 0 Å². The van der Waals surface area contributed by atoms with Crippen LogP contribution in [0.4, 0.5) is 14.9 Å². The first-order chi connectivity index (χ1) is 9.90. The Morgan fingerprint density at radius 2 is 2.14 bits per heavy atom. The smallest absolute Gasteiger partial charge is 0.326 e. The third-order valence-electron chi connectivity index (χ3n) is 3.81. The second-order valence-corrected chi connectivity index (χ2v) is 5.51. The van der Waals surface area contributed by atoms with Gasteiger partial charge in [0, 0.05) is 6.54 Å². The standard InChI is InChI=1S/C15H19FN2O3/c1-9-5-6-11(16)12(8-9)17-15(21)18-7-3-4-10(2)13(18)14(19)20/h5-6,8,10,13H,3-4,7H2,1-2H3,(H,17,21)(H,19,20). The molecule has 0 spiro atoms. The van der Waals surface area contributed by atoms with Gasteiger partial charge in [0.05, 0.1) is 5.69 Å². The topological polar surface area (TPSA) is 69.6 Å². The molecule has 6 heteroatoms. The summed E-state index contributed by atoms with van der Waals surface area (Å²) in [7, 11) is 0. The normalized spacial score (nSPS) is 22.0. The molecule has 5 nitrogen and oxygen atoms in total. The molecule has 1 fully saturated rings. The first-order valence-corrected chi connectivity index (χ1v) is 6.96. The molecule has 1 heterocycles. The summed E-state index contributed by atoms with van der Waals surface area (Å²) < 4.78 is 13.7. The van der Waals surface area contributed by atoms with Gasteiger partial charge in [0.1, 0.15) is 11.9 Å². The van der Waals surface area contributed by atoms with Crippen LogP contribution in [0.3, 0.4) is 0 Å². The zero-order chi connectivity index (χ0) is 15.6. The number of amides is 2. The molecule has 2 unspecified atom stereocenters. The molecule has 1 aliphatic heterocycles. The number of piperidine rings is 1. The molecule has 21 heavy (non-hydrogen) atoms. The van der Waals surface area contributed by atoms with E-state index in [0.717, 1.165) is 18.4 Å². The van der Waals surface area contributed by atoms with Gasteiger partial charge in [0.15, 0.2) is 0 Å². The average Bonchev–Trinajstić information content (AvgIpc) is 2.42. The van der Waals surface area contributed by atoms with Gasteiger partial charge in [0.25, 0.3) is 0 Å². The molecule has 0 bridgehead atoms. The van der Waals surface area contributed by atoms with Crippen LogP contribution in [0.1, 0.15) is 25.3 Å². The molecule has 0 aliphatic carbocycles. The number of rotatable bonds is 2. The van der Waals surface area contributed by atoms with E-state index in [9.17, 15) is 19.1 Å². The predicted octanol–water partition coefficient (Wildman–Crippen LogP) is 2.85. The summed E-state index contributed by atoms with van der Waals surface area (Å²) in [5.41, 5.74) is 0.885. The molecule has 1 aliphatic rings. The zero-order valence-corrected chi connectivity index (χ0v) is 12.1.